The van der Waals surface area contributed by atoms with Gasteiger partial charge in [0.25, 0.3) is 0 Å². The molecular weight excluding hydrogens is 228 g/mol. The van der Waals surface area contributed by atoms with Crippen LogP contribution in [0.1, 0.15) is 47.1 Å². The Balaban J connectivity index is 3.04. The van der Waals surface area contributed by atoms with Gasteiger partial charge in [0.05, 0.1) is 5.41 Å². The molecule has 1 N–H and O–H groups in total. The molecule has 0 aliphatic carbocycles. The summed E-state index contributed by atoms with van der Waals surface area (Å²) in [7, 11) is 0. The summed E-state index contributed by atoms with van der Waals surface area (Å²) in [4.78, 5) is 11.8. The molecule has 0 heterocycles. The highest BCUT2D eigenvalue weighted by atomic mass is 16.5. The number of aromatic hydroxyl groups is 1. The van der Waals surface area contributed by atoms with E-state index < -0.39 is 5.41 Å². The van der Waals surface area contributed by atoms with Gasteiger partial charge in [-0.1, -0.05) is 20.8 Å². The molecule has 0 aliphatic heterocycles. The fourth-order valence-corrected chi connectivity index (χ4v) is 1.44. The van der Waals surface area contributed by atoms with Crippen LogP contribution in [-0.2, 0) is 10.2 Å². The normalized spacial score (nSPS) is 12.3. The highest BCUT2D eigenvalue weighted by Gasteiger charge is 2.25. The molecule has 100 valence electrons. The first kappa shape index (κ1) is 14.6. The predicted molar refractivity (Wildman–Crippen MR) is 71.9 cm³/mol. The minimum Gasteiger partial charge on any atom is -0.508 e. The summed E-state index contributed by atoms with van der Waals surface area (Å²) in [6.45, 7) is 11.4. The third-order valence-corrected chi connectivity index (χ3v) is 2.60. The second-order valence-electron chi connectivity index (χ2n) is 6.57. The maximum absolute atomic E-state index is 11.8. The van der Waals surface area contributed by atoms with Gasteiger partial charge in [0.1, 0.15) is 11.5 Å². The fraction of sp³-hybridized carbons (Fsp3) is 0.533. The fourth-order valence-electron chi connectivity index (χ4n) is 1.44. The Morgan fingerprint density at radius 3 is 2.11 bits per heavy atom. The molecule has 0 atom stereocenters. The van der Waals surface area contributed by atoms with Crippen LogP contribution in [-0.4, -0.2) is 11.1 Å². The molecule has 0 amide bonds. The SMILES string of the molecule is CC(C)(C)C(=O)Oc1ccc(O)c(C(C)(C)C)c1. The quantitative estimate of drug-likeness (QED) is 0.611. The Hall–Kier alpha value is -1.51. The van der Waals surface area contributed by atoms with Gasteiger partial charge in [0, 0.05) is 5.56 Å². The van der Waals surface area contributed by atoms with Crippen molar-refractivity contribution >= 4 is 5.97 Å². The van der Waals surface area contributed by atoms with Crippen LogP contribution in [0, 0.1) is 5.41 Å². The number of phenolic OH excluding ortho intramolecular Hbond substituents is 1. The summed E-state index contributed by atoms with van der Waals surface area (Å²) in [5.41, 5.74) is 0.0234. The van der Waals surface area contributed by atoms with Crippen LogP contribution in [0.5, 0.6) is 11.5 Å². The van der Waals surface area contributed by atoms with Crippen LogP contribution >= 0.6 is 0 Å². The lowest BCUT2D eigenvalue weighted by Gasteiger charge is -2.22. The minimum atomic E-state index is -0.542. The van der Waals surface area contributed by atoms with Crippen molar-refractivity contribution < 1.29 is 14.6 Å². The molecule has 3 heteroatoms. The van der Waals surface area contributed by atoms with Crippen LogP contribution in [0.15, 0.2) is 18.2 Å². The molecule has 0 fully saturated rings. The Bertz CT molecular complexity index is 448. The highest BCUT2D eigenvalue weighted by Crippen LogP contribution is 2.34. The minimum absolute atomic E-state index is 0.200. The van der Waals surface area contributed by atoms with E-state index in [0.29, 0.717) is 5.75 Å². The van der Waals surface area contributed by atoms with Crippen molar-refractivity contribution in [1.29, 1.82) is 0 Å². The van der Waals surface area contributed by atoms with Crippen molar-refractivity contribution in [2.24, 2.45) is 5.41 Å². The van der Waals surface area contributed by atoms with Crippen LogP contribution in [0.2, 0.25) is 0 Å². The van der Waals surface area contributed by atoms with Gasteiger partial charge in [0.2, 0.25) is 0 Å². The number of hydrogen-bond donors (Lipinski definition) is 1. The molecule has 0 aromatic heterocycles. The molecule has 0 aliphatic rings. The zero-order valence-corrected chi connectivity index (χ0v) is 12.0. The first-order chi connectivity index (χ1) is 8.01. The van der Waals surface area contributed by atoms with Gasteiger partial charge in [-0.3, -0.25) is 4.79 Å². The maximum Gasteiger partial charge on any atom is 0.316 e. The van der Waals surface area contributed by atoms with Crippen LogP contribution in [0.4, 0.5) is 0 Å². The van der Waals surface area contributed by atoms with E-state index in [2.05, 4.69) is 0 Å². The summed E-state index contributed by atoms with van der Waals surface area (Å²) in [6, 6.07) is 4.89. The van der Waals surface area contributed by atoms with Gasteiger partial charge in [-0.25, -0.2) is 0 Å². The molecule has 18 heavy (non-hydrogen) atoms. The van der Waals surface area contributed by atoms with Gasteiger partial charge in [-0.15, -0.1) is 0 Å². The first-order valence-electron chi connectivity index (χ1n) is 6.07. The molecule has 3 nitrogen and oxygen atoms in total. The maximum atomic E-state index is 11.8. The lowest BCUT2D eigenvalue weighted by molar-refractivity contribution is -0.143. The van der Waals surface area contributed by atoms with Crippen LogP contribution in [0.3, 0.4) is 0 Å². The van der Waals surface area contributed by atoms with Gasteiger partial charge in [-0.05, 0) is 44.4 Å². The Morgan fingerprint density at radius 1 is 1.11 bits per heavy atom. The topological polar surface area (TPSA) is 46.5 Å². The lowest BCUT2D eigenvalue weighted by atomic mass is 9.86. The van der Waals surface area contributed by atoms with Gasteiger partial charge in [-0.2, -0.15) is 0 Å². The third-order valence-electron chi connectivity index (χ3n) is 2.60. The van der Waals surface area contributed by atoms with E-state index in [1.807, 2.05) is 20.8 Å². The molecular formula is C15H22O3. The zero-order chi connectivity index (χ0) is 14.1. The Morgan fingerprint density at radius 2 is 1.67 bits per heavy atom. The lowest BCUT2D eigenvalue weighted by Crippen LogP contribution is -2.25. The van der Waals surface area contributed by atoms with E-state index >= 15 is 0 Å². The highest BCUT2D eigenvalue weighted by molar-refractivity contribution is 5.78. The standard InChI is InChI=1S/C15H22O3/c1-14(2,3)11-9-10(7-8-12(11)16)18-13(17)15(4,5)6/h7-9,16H,1-6H3. The molecule has 0 bridgehead atoms. The number of carbonyl (C=O) groups is 1. The van der Waals surface area contributed by atoms with E-state index in [1.165, 1.54) is 0 Å². The van der Waals surface area contributed by atoms with E-state index in [1.54, 1.807) is 39.0 Å². The molecule has 1 rings (SSSR count). The van der Waals surface area contributed by atoms with Gasteiger partial charge in [0.15, 0.2) is 0 Å². The van der Waals surface area contributed by atoms with E-state index in [-0.39, 0.29) is 17.1 Å². The number of carbonyl (C=O) groups excluding carboxylic acids is 1. The molecule has 0 saturated heterocycles. The number of rotatable bonds is 1. The van der Waals surface area contributed by atoms with Crippen molar-refractivity contribution in [3.05, 3.63) is 23.8 Å². The summed E-state index contributed by atoms with van der Waals surface area (Å²) in [5.74, 6) is 0.406. The van der Waals surface area contributed by atoms with Crippen molar-refractivity contribution in [2.45, 2.75) is 47.0 Å². The summed E-state index contributed by atoms with van der Waals surface area (Å²) < 4.78 is 5.32. The molecule has 0 spiro atoms. The summed E-state index contributed by atoms with van der Waals surface area (Å²) in [5, 5.41) is 9.82. The number of hydrogen-bond acceptors (Lipinski definition) is 3. The van der Waals surface area contributed by atoms with E-state index in [4.69, 9.17) is 4.74 Å². The Labute approximate surface area is 109 Å². The van der Waals surface area contributed by atoms with Crippen LogP contribution in [0.25, 0.3) is 0 Å². The first-order valence-corrected chi connectivity index (χ1v) is 6.07. The second kappa shape index (κ2) is 4.63. The van der Waals surface area contributed by atoms with Gasteiger partial charge >= 0.3 is 5.97 Å². The molecule has 1 aromatic carbocycles. The van der Waals surface area contributed by atoms with Gasteiger partial charge < -0.3 is 9.84 Å². The molecule has 0 radical (unpaired) electrons. The molecule has 0 saturated carbocycles. The number of phenols is 1. The van der Waals surface area contributed by atoms with Crippen molar-refractivity contribution in [3.63, 3.8) is 0 Å². The second-order valence-corrected chi connectivity index (χ2v) is 6.57. The predicted octanol–water partition coefficient (Wildman–Crippen LogP) is 3.64. The summed E-state index contributed by atoms with van der Waals surface area (Å²) >= 11 is 0. The van der Waals surface area contributed by atoms with Crippen LogP contribution < -0.4 is 4.74 Å². The van der Waals surface area contributed by atoms with E-state index in [9.17, 15) is 9.90 Å². The largest absolute Gasteiger partial charge is 0.508 e. The zero-order valence-electron chi connectivity index (χ0n) is 12.0. The number of esters is 1. The number of ether oxygens (including phenoxy) is 1. The molecule has 1 aromatic rings. The molecule has 0 unspecified atom stereocenters. The average Bonchev–Trinajstić information content (AvgIpc) is 2.17. The average molecular weight is 250 g/mol. The van der Waals surface area contributed by atoms with E-state index in [0.717, 1.165) is 5.56 Å². The number of benzene rings is 1. The Kier molecular flexibility index (Phi) is 3.75. The monoisotopic (exact) mass is 250 g/mol. The van der Waals surface area contributed by atoms with Crippen molar-refractivity contribution in [2.75, 3.05) is 0 Å². The van der Waals surface area contributed by atoms with Crippen molar-refractivity contribution in [1.82, 2.24) is 0 Å². The third kappa shape index (κ3) is 3.49. The summed E-state index contributed by atoms with van der Waals surface area (Å²) in [6.07, 6.45) is 0. The smallest absolute Gasteiger partial charge is 0.316 e. The van der Waals surface area contributed by atoms with Crippen molar-refractivity contribution in [3.8, 4) is 11.5 Å².